The van der Waals surface area contributed by atoms with Crippen LogP contribution < -0.4 is 11.1 Å². The molecular formula is C12H18BrN3O2. The van der Waals surface area contributed by atoms with Gasteiger partial charge in [0.15, 0.2) is 0 Å². The van der Waals surface area contributed by atoms with Crippen LogP contribution in [-0.2, 0) is 11.3 Å². The van der Waals surface area contributed by atoms with Crippen molar-refractivity contribution in [3.63, 3.8) is 0 Å². The molecule has 0 aromatic carbocycles. The van der Waals surface area contributed by atoms with Gasteiger partial charge in [0, 0.05) is 29.7 Å². The molecule has 0 aliphatic rings. The number of nitrogens with one attached hydrogen (secondary N) is 1. The molecule has 1 heterocycles. The van der Waals surface area contributed by atoms with Crippen molar-refractivity contribution in [1.29, 1.82) is 0 Å². The number of carbonyl (C=O) groups excluding carboxylic acids is 2. The quantitative estimate of drug-likeness (QED) is 0.837. The lowest BCUT2D eigenvalue weighted by molar-refractivity contribution is -0.118. The van der Waals surface area contributed by atoms with Crippen molar-refractivity contribution in [2.24, 2.45) is 5.73 Å². The third-order valence-corrected chi connectivity index (χ3v) is 2.88. The van der Waals surface area contributed by atoms with Crippen LogP contribution in [-0.4, -0.2) is 22.4 Å². The van der Waals surface area contributed by atoms with Gasteiger partial charge in [0.1, 0.15) is 5.69 Å². The van der Waals surface area contributed by atoms with Gasteiger partial charge in [-0.1, -0.05) is 6.92 Å². The number of primary amides is 1. The number of aromatic nitrogens is 1. The van der Waals surface area contributed by atoms with E-state index in [2.05, 4.69) is 21.2 Å². The third kappa shape index (κ3) is 4.18. The number of nitrogens with zero attached hydrogens (tertiary/aromatic N) is 1. The van der Waals surface area contributed by atoms with Gasteiger partial charge in [-0.3, -0.25) is 9.59 Å². The molecule has 0 aliphatic heterocycles. The molecule has 0 radical (unpaired) electrons. The topological polar surface area (TPSA) is 77.1 Å². The number of rotatable bonds is 6. The Labute approximate surface area is 115 Å². The molecule has 1 unspecified atom stereocenters. The van der Waals surface area contributed by atoms with Gasteiger partial charge in [0.25, 0.3) is 5.91 Å². The SMILES string of the molecule is CCCn1cc(Br)cc1C(=O)NC(C)CC(N)=O. The number of carbonyl (C=O) groups is 2. The van der Waals surface area contributed by atoms with E-state index in [-0.39, 0.29) is 18.4 Å². The van der Waals surface area contributed by atoms with Gasteiger partial charge >= 0.3 is 0 Å². The van der Waals surface area contributed by atoms with E-state index in [9.17, 15) is 9.59 Å². The van der Waals surface area contributed by atoms with E-state index >= 15 is 0 Å². The summed E-state index contributed by atoms with van der Waals surface area (Å²) in [5.41, 5.74) is 5.67. The highest BCUT2D eigenvalue weighted by Crippen LogP contribution is 2.15. The van der Waals surface area contributed by atoms with E-state index in [0.717, 1.165) is 17.4 Å². The lowest BCUT2D eigenvalue weighted by atomic mass is 10.2. The van der Waals surface area contributed by atoms with Crippen LogP contribution in [0, 0.1) is 0 Å². The van der Waals surface area contributed by atoms with Crippen molar-refractivity contribution < 1.29 is 9.59 Å². The summed E-state index contributed by atoms with van der Waals surface area (Å²) in [5.74, 6) is -0.615. The van der Waals surface area contributed by atoms with Crippen LogP contribution in [0.3, 0.4) is 0 Å². The molecule has 1 aromatic heterocycles. The predicted octanol–water partition coefficient (Wildman–Crippen LogP) is 1.65. The summed E-state index contributed by atoms with van der Waals surface area (Å²) in [7, 11) is 0. The van der Waals surface area contributed by atoms with E-state index in [1.165, 1.54) is 0 Å². The standard InChI is InChI=1S/C12H18BrN3O2/c1-3-4-16-7-9(13)6-10(16)12(18)15-8(2)5-11(14)17/h6-8H,3-5H2,1-2H3,(H2,14,17)(H,15,18). The lowest BCUT2D eigenvalue weighted by Gasteiger charge is -2.13. The monoisotopic (exact) mass is 315 g/mol. The second kappa shape index (κ2) is 6.58. The van der Waals surface area contributed by atoms with E-state index < -0.39 is 5.91 Å². The van der Waals surface area contributed by atoms with Gasteiger partial charge in [0.2, 0.25) is 5.91 Å². The summed E-state index contributed by atoms with van der Waals surface area (Å²) < 4.78 is 2.75. The van der Waals surface area contributed by atoms with Crippen LogP contribution in [0.15, 0.2) is 16.7 Å². The second-order valence-electron chi connectivity index (χ2n) is 4.28. The third-order valence-electron chi connectivity index (χ3n) is 2.45. The lowest BCUT2D eigenvalue weighted by Crippen LogP contribution is -2.36. The zero-order chi connectivity index (χ0) is 13.7. The molecule has 0 bridgehead atoms. The molecule has 5 nitrogen and oxygen atoms in total. The summed E-state index contributed by atoms with van der Waals surface area (Å²) in [4.78, 5) is 22.8. The molecule has 100 valence electrons. The Kier molecular flexibility index (Phi) is 5.40. The first-order valence-corrected chi connectivity index (χ1v) is 6.68. The maximum Gasteiger partial charge on any atom is 0.268 e. The van der Waals surface area contributed by atoms with Crippen molar-refractivity contribution in [3.8, 4) is 0 Å². The number of nitrogens with two attached hydrogens (primary N) is 1. The largest absolute Gasteiger partial charge is 0.370 e. The fourth-order valence-corrected chi connectivity index (χ4v) is 2.21. The minimum absolute atomic E-state index is 0.140. The van der Waals surface area contributed by atoms with Crippen LogP contribution in [0.5, 0.6) is 0 Å². The molecule has 1 aromatic rings. The summed E-state index contributed by atoms with van der Waals surface area (Å²) >= 11 is 3.35. The molecule has 0 fully saturated rings. The van der Waals surface area contributed by atoms with E-state index in [0.29, 0.717) is 5.69 Å². The highest BCUT2D eigenvalue weighted by Gasteiger charge is 2.15. The fraction of sp³-hybridized carbons (Fsp3) is 0.500. The maximum absolute atomic E-state index is 12.0. The molecule has 1 rings (SSSR count). The Hall–Kier alpha value is -1.30. The van der Waals surface area contributed by atoms with Gasteiger partial charge in [-0.25, -0.2) is 0 Å². The van der Waals surface area contributed by atoms with Crippen molar-refractivity contribution in [2.45, 2.75) is 39.3 Å². The summed E-state index contributed by atoms with van der Waals surface area (Å²) in [5, 5.41) is 2.76. The summed E-state index contributed by atoms with van der Waals surface area (Å²) in [6.07, 6.45) is 2.96. The number of hydrogen-bond acceptors (Lipinski definition) is 2. The zero-order valence-electron chi connectivity index (χ0n) is 10.6. The van der Waals surface area contributed by atoms with Crippen LogP contribution in [0.4, 0.5) is 0 Å². The number of halogens is 1. The van der Waals surface area contributed by atoms with Crippen molar-refractivity contribution >= 4 is 27.7 Å². The maximum atomic E-state index is 12.0. The predicted molar refractivity (Wildman–Crippen MR) is 73.2 cm³/mol. The molecule has 18 heavy (non-hydrogen) atoms. The molecule has 0 aliphatic carbocycles. The highest BCUT2D eigenvalue weighted by molar-refractivity contribution is 9.10. The Bertz CT molecular complexity index is 443. The average molecular weight is 316 g/mol. The van der Waals surface area contributed by atoms with E-state index in [1.54, 1.807) is 13.0 Å². The van der Waals surface area contributed by atoms with Crippen LogP contribution in [0.25, 0.3) is 0 Å². The van der Waals surface area contributed by atoms with Gasteiger partial charge in [-0.15, -0.1) is 0 Å². The first-order chi connectivity index (χ1) is 8.43. The minimum Gasteiger partial charge on any atom is -0.370 e. The zero-order valence-corrected chi connectivity index (χ0v) is 12.2. The Morgan fingerprint density at radius 3 is 2.78 bits per heavy atom. The normalized spacial score (nSPS) is 12.2. The number of hydrogen-bond donors (Lipinski definition) is 2. The van der Waals surface area contributed by atoms with E-state index in [4.69, 9.17) is 5.73 Å². The molecule has 0 saturated carbocycles. The van der Waals surface area contributed by atoms with Crippen LogP contribution >= 0.6 is 15.9 Å². The van der Waals surface area contributed by atoms with E-state index in [1.807, 2.05) is 17.7 Å². The average Bonchev–Trinajstić information content (AvgIpc) is 2.58. The molecule has 2 amide bonds. The fourth-order valence-electron chi connectivity index (χ4n) is 1.74. The Balaban J connectivity index is 2.74. The van der Waals surface area contributed by atoms with Gasteiger partial charge in [-0.05, 0) is 35.3 Å². The highest BCUT2D eigenvalue weighted by atomic mass is 79.9. The Morgan fingerprint density at radius 2 is 2.22 bits per heavy atom. The summed E-state index contributed by atoms with van der Waals surface area (Å²) in [6, 6.07) is 1.50. The first kappa shape index (κ1) is 14.8. The second-order valence-corrected chi connectivity index (χ2v) is 5.20. The van der Waals surface area contributed by atoms with Gasteiger partial charge in [0.05, 0.1) is 0 Å². The minimum atomic E-state index is -0.423. The molecular weight excluding hydrogens is 298 g/mol. The van der Waals surface area contributed by atoms with Gasteiger partial charge in [-0.2, -0.15) is 0 Å². The summed E-state index contributed by atoms with van der Waals surface area (Å²) in [6.45, 7) is 4.58. The molecule has 1 atom stereocenters. The number of aryl methyl sites for hydroxylation is 1. The van der Waals surface area contributed by atoms with Crippen LogP contribution in [0.2, 0.25) is 0 Å². The molecule has 3 N–H and O–H groups in total. The Morgan fingerprint density at radius 1 is 1.56 bits per heavy atom. The number of amides is 2. The van der Waals surface area contributed by atoms with Crippen molar-refractivity contribution in [2.75, 3.05) is 0 Å². The molecule has 0 spiro atoms. The molecule has 6 heteroatoms. The smallest absolute Gasteiger partial charge is 0.268 e. The van der Waals surface area contributed by atoms with Crippen LogP contribution in [0.1, 0.15) is 37.2 Å². The first-order valence-electron chi connectivity index (χ1n) is 5.88. The van der Waals surface area contributed by atoms with Crippen molar-refractivity contribution in [3.05, 3.63) is 22.4 Å². The van der Waals surface area contributed by atoms with Gasteiger partial charge < -0.3 is 15.6 Å². The van der Waals surface area contributed by atoms with Crippen molar-refractivity contribution in [1.82, 2.24) is 9.88 Å². The molecule has 0 saturated heterocycles.